The Kier molecular flexibility index (Phi) is 6.85. The molecule has 1 aromatic heterocycles. The van der Waals surface area contributed by atoms with Crippen LogP contribution >= 0.6 is 23.1 Å². The third kappa shape index (κ3) is 5.21. The lowest BCUT2D eigenvalue weighted by atomic mass is 10.3. The van der Waals surface area contributed by atoms with Crippen LogP contribution in [0.25, 0.3) is 10.2 Å². The lowest BCUT2D eigenvalue weighted by Gasteiger charge is -2.05. The van der Waals surface area contributed by atoms with Gasteiger partial charge < -0.3 is 9.30 Å². The molecule has 8 nitrogen and oxygen atoms in total. The molecule has 1 heterocycles. The van der Waals surface area contributed by atoms with Gasteiger partial charge in [0.1, 0.15) is 0 Å². The van der Waals surface area contributed by atoms with Crippen LogP contribution in [-0.4, -0.2) is 39.5 Å². The first kappa shape index (κ1) is 19.3. The summed E-state index contributed by atoms with van der Waals surface area (Å²) >= 11 is 2.10. The number of thioether (sulfide) groups is 1. The average Bonchev–Trinajstić information content (AvgIpc) is 2.89. The molecule has 0 aliphatic rings. The first-order valence-electron chi connectivity index (χ1n) is 7.48. The van der Waals surface area contributed by atoms with E-state index in [1.165, 1.54) is 30.4 Å². The van der Waals surface area contributed by atoms with Crippen molar-refractivity contribution in [2.45, 2.75) is 20.4 Å². The van der Waals surface area contributed by atoms with Crippen LogP contribution in [0.1, 0.15) is 13.8 Å². The lowest BCUT2D eigenvalue weighted by molar-refractivity contribution is -0.384. The van der Waals surface area contributed by atoms with Gasteiger partial charge >= 0.3 is 0 Å². The molecule has 10 heteroatoms. The van der Waals surface area contributed by atoms with Crippen LogP contribution in [0.4, 0.5) is 5.69 Å². The van der Waals surface area contributed by atoms with Crippen molar-refractivity contribution >= 4 is 50.0 Å². The Balaban J connectivity index is 2.44. The molecule has 2 aromatic rings. The van der Waals surface area contributed by atoms with E-state index in [-0.39, 0.29) is 16.6 Å². The maximum absolute atomic E-state index is 12.0. The van der Waals surface area contributed by atoms with Crippen LogP contribution in [0, 0.1) is 10.1 Å². The van der Waals surface area contributed by atoms with E-state index in [0.29, 0.717) is 29.3 Å². The third-order valence-electron chi connectivity index (χ3n) is 3.16. The predicted octanol–water partition coefficient (Wildman–Crippen LogP) is 2.35. The summed E-state index contributed by atoms with van der Waals surface area (Å²) in [6.45, 7) is 4.74. The van der Waals surface area contributed by atoms with Crippen molar-refractivity contribution < 1.29 is 19.2 Å². The number of nitro benzene ring substituents is 1. The molecule has 25 heavy (non-hydrogen) atoms. The van der Waals surface area contributed by atoms with Crippen LogP contribution in [0.15, 0.2) is 23.2 Å². The molecule has 1 aromatic carbocycles. The van der Waals surface area contributed by atoms with Gasteiger partial charge in [-0.3, -0.25) is 19.7 Å². The quantitative estimate of drug-likeness (QED) is 0.413. The van der Waals surface area contributed by atoms with Crippen molar-refractivity contribution in [1.29, 1.82) is 0 Å². The van der Waals surface area contributed by atoms with E-state index in [1.807, 2.05) is 6.92 Å². The smallest absolute Gasteiger partial charge is 0.270 e. The number of nitrogens with zero attached hydrogens (tertiary/aromatic N) is 3. The zero-order chi connectivity index (χ0) is 18.4. The molecule has 0 unspecified atom stereocenters. The minimum atomic E-state index is -0.463. The highest BCUT2D eigenvalue weighted by molar-refractivity contribution is 8.14. The fourth-order valence-corrected chi connectivity index (χ4v) is 3.58. The summed E-state index contributed by atoms with van der Waals surface area (Å²) in [5, 5.41) is 10.8. The van der Waals surface area contributed by atoms with Gasteiger partial charge in [-0.15, -0.1) is 0 Å². The molecular weight excluding hydrogens is 366 g/mol. The molecule has 0 saturated carbocycles. The number of rotatable bonds is 7. The van der Waals surface area contributed by atoms with Crippen molar-refractivity contribution in [3.8, 4) is 0 Å². The Morgan fingerprint density at radius 3 is 2.84 bits per heavy atom. The Morgan fingerprint density at radius 1 is 1.44 bits per heavy atom. The van der Waals surface area contributed by atoms with Gasteiger partial charge in [0.05, 0.1) is 27.5 Å². The van der Waals surface area contributed by atoms with E-state index in [1.54, 1.807) is 10.6 Å². The summed E-state index contributed by atoms with van der Waals surface area (Å²) in [6.07, 6.45) is 0. The van der Waals surface area contributed by atoms with E-state index in [4.69, 9.17) is 4.74 Å². The first-order valence-corrected chi connectivity index (χ1v) is 9.29. The van der Waals surface area contributed by atoms with Gasteiger partial charge in [0.25, 0.3) is 11.6 Å². The van der Waals surface area contributed by atoms with Crippen LogP contribution in [0.5, 0.6) is 0 Å². The standard InChI is InChI=1S/C15H17N3O5S2/c1-3-23-7-6-17-12-5-4-11(18(21)22)8-13(12)25-15(17)16-14(20)9-24-10(2)19/h4-5,8H,3,6-7,9H2,1-2H3. The highest BCUT2D eigenvalue weighted by Crippen LogP contribution is 2.23. The number of aromatic nitrogens is 1. The number of fused-ring (bicyclic) bond motifs is 1. The topological polar surface area (TPSA) is 104 Å². The summed E-state index contributed by atoms with van der Waals surface area (Å²) in [6, 6.07) is 4.53. The monoisotopic (exact) mass is 383 g/mol. The second-order valence-electron chi connectivity index (χ2n) is 4.93. The second-order valence-corrected chi connectivity index (χ2v) is 7.09. The van der Waals surface area contributed by atoms with Crippen molar-refractivity contribution in [1.82, 2.24) is 4.57 Å². The van der Waals surface area contributed by atoms with Crippen molar-refractivity contribution in [2.75, 3.05) is 19.0 Å². The average molecular weight is 383 g/mol. The summed E-state index contributed by atoms with van der Waals surface area (Å²) < 4.78 is 7.82. The maximum atomic E-state index is 12.0. The van der Waals surface area contributed by atoms with Crippen molar-refractivity contribution in [2.24, 2.45) is 4.99 Å². The Labute approximate surface area is 151 Å². The molecule has 0 saturated heterocycles. The van der Waals surface area contributed by atoms with Crippen LogP contribution in [-0.2, 0) is 20.9 Å². The van der Waals surface area contributed by atoms with Gasteiger partial charge in [0, 0.05) is 32.2 Å². The third-order valence-corrected chi connectivity index (χ3v) is 5.00. The highest BCUT2D eigenvalue weighted by atomic mass is 32.2. The number of carbonyl (C=O) groups is 2. The second kappa shape index (κ2) is 8.88. The van der Waals surface area contributed by atoms with Gasteiger partial charge in [-0.05, 0) is 13.0 Å². The van der Waals surface area contributed by atoms with Gasteiger partial charge in [-0.1, -0.05) is 23.1 Å². The Hall–Kier alpha value is -2.04. The number of ether oxygens (including phenoxy) is 1. The fraction of sp³-hybridized carbons (Fsp3) is 0.400. The molecule has 0 fully saturated rings. The number of non-ortho nitro benzene ring substituents is 1. The van der Waals surface area contributed by atoms with Crippen LogP contribution in [0.3, 0.4) is 0 Å². The van der Waals surface area contributed by atoms with E-state index < -0.39 is 10.8 Å². The van der Waals surface area contributed by atoms with E-state index >= 15 is 0 Å². The van der Waals surface area contributed by atoms with E-state index in [9.17, 15) is 19.7 Å². The predicted molar refractivity (Wildman–Crippen MR) is 96.7 cm³/mol. The summed E-state index contributed by atoms with van der Waals surface area (Å²) in [5.41, 5.74) is 0.733. The molecule has 0 bridgehead atoms. The van der Waals surface area contributed by atoms with E-state index in [0.717, 1.165) is 17.3 Å². The molecule has 2 rings (SSSR count). The zero-order valence-corrected chi connectivity index (χ0v) is 15.4. The molecule has 0 aliphatic carbocycles. The summed E-state index contributed by atoms with van der Waals surface area (Å²) in [7, 11) is 0. The Bertz CT molecular complexity index is 872. The number of hydrogen-bond donors (Lipinski definition) is 0. The SMILES string of the molecule is CCOCCn1c(=NC(=O)CSC(C)=O)sc2cc([N+](=O)[O-])ccc21. The molecule has 1 amide bonds. The number of nitro groups is 1. The van der Waals surface area contributed by atoms with Crippen molar-refractivity contribution in [3.05, 3.63) is 33.1 Å². The van der Waals surface area contributed by atoms with Gasteiger partial charge in [0.15, 0.2) is 9.92 Å². The number of thiazole rings is 1. The number of benzene rings is 1. The summed E-state index contributed by atoms with van der Waals surface area (Å²) in [4.78, 5) is 37.9. The molecule has 134 valence electrons. The highest BCUT2D eigenvalue weighted by Gasteiger charge is 2.13. The molecular formula is C15H17N3O5S2. The lowest BCUT2D eigenvalue weighted by Crippen LogP contribution is -2.20. The fourth-order valence-electron chi connectivity index (χ4n) is 2.08. The van der Waals surface area contributed by atoms with Crippen molar-refractivity contribution in [3.63, 3.8) is 0 Å². The zero-order valence-electron chi connectivity index (χ0n) is 13.8. The maximum Gasteiger partial charge on any atom is 0.270 e. The minimum Gasteiger partial charge on any atom is -0.380 e. The molecule has 0 spiro atoms. The molecule has 0 N–H and O–H groups in total. The normalized spacial score (nSPS) is 11.8. The molecule has 0 radical (unpaired) electrons. The van der Waals surface area contributed by atoms with E-state index in [2.05, 4.69) is 4.99 Å². The van der Waals surface area contributed by atoms with Gasteiger partial charge in [0.2, 0.25) is 0 Å². The Morgan fingerprint density at radius 2 is 2.20 bits per heavy atom. The number of hydrogen-bond acceptors (Lipinski definition) is 7. The minimum absolute atomic E-state index is 0.0179. The number of amides is 1. The van der Waals surface area contributed by atoms with Crippen LogP contribution < -0.4 is 4.80 Å². The first-order chi connectivity index (χ1) is 11.9. The van der Waals surface area contributed by atoms with Gasteiger partial charge in [-0.2, -0.15) is 4.99 Å². The van der Waals surface area contributed by atoms with Gasteiger partial charge in [-0.25, -0.2) is 0 Å². The van der Waals surface area contributed by atoms with Crippen LogP contribution in [0.2, 0.25) is 0 Å². The molecule has 0 aliphatic heterocycles. The number of carbonyl (C=O) groups excluding carboxylic acids is 2. The largest absolute Gasteiger partial charge is 0.380 e. The summed E-state index contributed by atoms with van der Waals surface area (Å²) in [5.74, 6) is -0.457. The molecule has 0 atom stereocenters.